The standard InChI is InChI=1S/C17H16F3N3OS/c1-9(24-2)8-21-17-22-16-11(4-3-5-14(16)25-23-17)12-6-10(18)7-13(19)15(12)20/h3-7,9H,8H2,1-2H3,(H2,21,22,23). The summed E-state index contributed by atoms with van der Waals surface area (Å²) in [5, 5.41) is 6.14. The van der Waals surface area contributed by atoms with Gasteiger partial charge in [-0.3, -0.25) is 0 Å². The van der Waals surface area contributed by atoms with Gasteiger partial charge in [-0.1, -0.05) is 12.1 Å². The minimum atomic E-state index is -1.22. The van der Waals surface area contributed by atoms with E-state index in [0.29, 0.717) is 29.8 Å². The van der Waals surface area contributed by atoms with Crippen LogP contribution in [-0.4, -0.2) is 25.7 Å². The summed E-state index contributed by atoms with van der Waals surface area (Å²) in [6.45, 7) is 2.41. The molecule has 3 rings (SSSR count). The lowest BCUT2D eigenvalue weighted by Gasteiger charge is -2.22. The molecular formula is C17H16F3N3OS. The van der Waals surface area contributed by atoms with E-state index in [-0.39, 0.29) is 11.7 Å². The Hall–Kier alpha value is -2.19. The van der Waals surface area contributed by atoms with Crippen LogP contribution in [0.5, 0.6) is 0 Å². The third kappa shape index (κ3) is 3.74. The highest BCUT2D eigenvalue weighted by Gasteiger charge is 2.21. The number of para-hydroxylation sites is 1. The molecule has 25 heavy (non-hydrogen) atoms. The Morgan fingerprint density at radius 3 is 2.80 bits per heavy atom. The third-order valence-corrected chi connectivity index (χ3v) is 4.56. The molecule has 0 aliphatic carbocycles. The molecule has 1 heterocycles. The molecule has 0 bridgehead atoms. The van der Waals surface area contributed by atoms with Crippen molar-refractivity contribution in [1.29, 1.82) is 0 Å². The van der Waals surface area contributed by atoms with Crippen molar-refractivity contribution in [3.8, 4) is 11.1 Å². The van der Waals surface area contributed by atoms with Gasteiger partial charge in [-0.25, -0.2) is 13.2 Å². The van der Waals surface area contributed by atoms with Gasteiger partial charge in [0, 0.05) is 42.8 Å². The summed E-state index contributed by atoms with van der Waals surface area (Å²) in [5.74, 6) is -2.69. The number of nitrogens with one attached hydrogen (secondary N) is 2. The Morgan fingerprint density at radius 1 is 1.24 bits per heavy atom. The van der Waals surface area contributed by atoms with Crippen LogP contribution in [0.1, 0.15) is 6.92 Å². The molecule has 2 aromatic carbocycles. The van der Waals surface area contributed by atoms with Crippen molar-refractivity contribution in [1.82, 2.24) is 5.32 Å². The number of methoxy groups -OCH3 is 1. The van der Waals surface area contributed by atoms with Gasteiger partial charge >= 0.3 is 0 Å². The van der Waals surface area contributed by atoms with E-state index in [1.807, 2.05) is 6.92 Å². The maximum Gasteiger partial charge on any atom is 0.208 e. The number of ether oxygens (including phenoxy) is 1. The van der Waals surface area contributed by atoms with Crippen molar-refractivity contribution in [3.05, 3.63) is 47.8 Å². The molecule has 0 spiro atoms. The highest BCUT2D eigenvalue weighted by Crippen LogP contribution is 2.40. The average molecular weight is 367 g/mol. The smallest absolute Gasteiger partial charge is 0.208 e. The molecule has 1 unspecified atom stereocenters. The van der Waals surface area contributed by atoms with Gasteiger partial charge in [0.25, 0.3) is 0 Å². The van der Waals surface area contributed by atoms with Crippen LogP contribution < -0.4 is 10.6 Å². The summed E-state index contributed by atoms with van der Waals surface area (Å²) in [6, 6.07) is 6.59. The molecule has 2 N–H and O–H groups in total. The van der Waals surface area contributed by atoms with Crippen molar-refractivity contribution in [2.45, 2.75) is 17.9 Å². The number of halogens is 3. The molecule has 1 aliphatic rings. The summed E-state index contributed by atoms with van der Waals surface area (Å²) < 4.78 is 50.8. The van der Waals surface area contributed by atoms with E-state index < -0.39 is 17.5 Å². The first-order chi connectivity index (χ1) is 12.0. The number of hydrogen-bond donors (Lipinski definition) is 2. The van der Waals surface area contributed by atoms with Crippen LogP contribution >= 0.6 is 11.9 Å². The molecular weight excluding hydrogens is 351 g/mol. The molecule has 0 radical (unpaired) electrons. The molecule has 0 amide bonds. The fourth-order valence-electron chi connectivity index (χ4n) is 2.35. The number of nitrogens with zero attached hydrogens (tertiary/aromatic N) is 1. The van der Waals surface area contributed by atoms with Crippen molar-refractivity contribution in [2.75, 3.05) is 19.0 Å². The van der Waals surface area contributed by atoms with Crippen LogP contribution in [0.3, 0.4) is 0 Å². The number of anilines is 1. The van der Waals surface area contributed by atoms with Gasteiger partial charge in [0.2, 0.25) is 5.96 Å². The zero-order valence-corrected chi connectivity index (χ0v) is 14.4. The second-order valence-electron chi connectivity index (χ2n) is 5.51. The quantitative estimate of drug-likeness (QED) is 0.629. The maximum absolute atomic E-state index is 14.2. The molecule has 0 fully saturated rings. The summed E-state index contributed by atoms with van der Waals surface area (Å²) in [7, 11) is 1.60. The Bertz CT molecular complexity index is 829. The van der Waals surface area contributed by atoms with Gasteiger partial charge in [0.05, 0.1) is 16.7 Å². The second kappa shape index (κ2) is 7.37. The lowest BCUT2D eigenvalue weighted by atomic mass is 10.0. The van der Waals surface area contributed by atoms with E-state index in [1.165, 1.54) is 11.9 Å². The lowest BCUT2D eigenvalue weighted by molar-refractivity contribution is 0.121. The monoisotopic (exact) mass is 367 g/mol. The van der Waals surface area contributed by atoms with E-state index >= 15 is 0 Å². The SMILES string of the molecule is COC(C)CNC1=NSc2cccc(-c3cc(F)cc(F)c3F)c2N1. The van der Waals surface area contributed by atoms with Gasteiger partial charge in [-0.05, 0) is 19.1 Å². The van der Waals surface area contributed by atoms with Crippen LogP contribution in [0, 0.1) is 17.5 Å². The molecule has 0 aromatic heterocycles. The van der Waals surface area contributed by atoms with E-state index in [0.717, 1.165) is 11.0 Å². The first-order valence-corrected chi connectivity index (χ1v) is 8.33. The van der Waals surface area contributed by atoms with Crippen LogP contribution in [0.4, 0.5) is 18.9 Å². The largest absolute Gasteiger partial charge is 0.380 e. The second-order valence-corrected chi connectivity index (χ2v) is 6.32. The summed E-state index contributed by atoms with van der Waals surface area (Å²) >= 11 is 1.19. The van der Waals surface area contributed by atoms with Crippen molar-refractivity contribution in [3.63, 3.8) is 0 Å². The number of benzene rings is 2. The number of guanidine groups is 1. The normalized spacial score (nSPS) is 14.4. The van der Waals surface area contributed by atoms with Crippen LogP contribution in [0.25, 0.3) is 11.1 Å². The van der Waals surface area contributed by atoms with Crippen molar-refractivity contribution < 1.29 is 17.9 Å². The number of rotatable bonds is 4. The molecule has 2 aromatic rings. The van der Waals surface area contributed by atoms with Gasteiger partial charge in [-0.2, -0.15) is 4.40 Å². The Morgan fingerprint density at radius 2 is 2.04 bits per heavy atom. The van der Waals surface area contributed by atoms with Gasteiger partial charge in [0.1, 0.15) is 5.82 Å². The van der Waals surface area contributed by atoms with Gasteiger partial charge < -0.3 is 15.4 Å². The van der Waals surface area contributed by atoms with Gasteiger partial charge in [0.15, 0.2) is 11.6 Å². The lowest BCUT2D eigenvalue weighted by Crippen LogP contribution is -2.37. The zero-order chi connectivity index (χ0) is 18.0. The van der Waals surface area contributed by atoms with Gasteiger partial charge in [-0.15, -0.1) is 0 Å². The first-order valence-electron chi connectivity index (χ1n) is 7.56. The Balaban J connectivity index is 1.94. The minimum Gasteiger partial charge on any atom is -0.380 e. The van der Waals surface area contributed by atoms with E-state index in [9.17, 15) is 13.2 Å². The highest BCUT2D eigenvalue weighted by molar-refractivity contribution is 7.98. The summed E-state index contributed by atoms with van der Waals surface area (Å²) in [5.41, 5.74) is 0.753. The zero-order valence-electron chi connectivity index (χ0n) is 13.6. The summed E-state index contributed by atoms with van der Waals surface area (Å²) in [6.07, 6.45) is -0.0269. The molecule has 4 nitrogen and oxygen atoms in total. The molecule has 0 saturated heterocycles. The Kier molecular flexibility index (Phi) is 5.19. The molecule has 132 valence electrons. The topological polar surface area (TPSA) is 45.6 Å². The average Bonchev–Trinajstić information content (AvgIpc) is 2.62. The number of fused-ring (bicyclic) bond motifs is 1. The van der Waals surface area contributed by atoms with Crippen molar-refractivity contribution in [2.24, 2.45) is 4.40 Å². The number of hydrogen-bond acceptors (Lipinski definition) is 5. The van der Waals surface area contributed by atoms with E-state index in [4.69, 9.17) is 4.74 Å². The van der Waals surface area contributed by atoms with E-state index in [2.05, 4.69) is 15.0 Å². The predicted molar refractivity (Wildman–Crippen MR) is 93.1 cm³/mol. The minimum absolute atomic E-state index is 0.0269. The predicted octanol–water partition coefficient (Wildman–Crippen LogP) is 4.18. The van der Waals surface area contributed by atoms with Crippen molar-refractivity contribution >= 4 is 23.6 Å². The maximum atomic E-state index is 14.2. The summed E-state index contributed by atoms with van der Waals surface area (Å²) in [4.78, 5) is 0.729. The molecule has 0 saturated carbocycles. The fourth-order valence-corrected chi connectivity index (χ4v) is 3.04. The van der Waals surface area contributed by atoms with Crippen LogP contribution in [0.2, 0.25) is 0 Å². The van der Waals surface area contributed by atoms with Crippen LogP contribution in [-0.2, 0) is 4.74 Å². The third-order valence-electron chi connectivity index (χ3n) is 3.75. The molecule has 1 aliphatic heterocycles. The molecule has 1 atom stereocenters. The highest BCUT2D eigenvalue weighted by atomic mass is 32.2. The van der Waals surface area contributed by atoms with E-state index in [1.54, 1.807) is 25.3 Å². The molecule has 8 heteroatoms. The van der Waals surface area contributed by atoms with Crippen LogP contribution in [0.15, 0.2) is 39.6 Å². The first kappa shape index (κ1) is 17.6. The Labute approximate surface area is 147 Å². The fraction of sp³-hybridized carbons (Fsp3) is 0.235.